The Hall–Kier alpha value is -2.10. The molecule has 4 nitrogen and oxygen atoms in total. The van der Waals surface area contributed by atoms with Crippen LogP contribution < -0.4 is 10.6 Å². The lowest BCUT2D eigenvalue weighted by molar-refractivity contribution is -0.114. The second kappa shape index (κ2) is 3.81. The van der Waals surface area contributed by atoms with Gasteiger partial charge in [-0.3, -0.25) is 9.59 Å². The first kappa shape index (κ1) is 10.4. The van der Waals surface area contributed by atoms with Crippen molar-refractivity contribution in [3.05, 3.63) is 42.0 Å². The zero-order valence-corrected chi connectivity index (χ0v) is 8.77. The van der Waals surface area contributed by atoms with Crippen LogP contribution in [0.1, 0.15) is 15.9 Å². The van der Waals surface area contributed by atoms with Crippen LogP contribution in [0.3, 0.4) is 0 Å². The molecular formula is C12H12N2O2. The molecule has 0 radical (unpaired) electrons. The normalized spacial score (nSPS) is 13.4. The molecule has 1 aliphatic heterocycles. The summed E-state index contributed by atoms with van der Waals surface area (Å²) in [5.74, 6) is -0.715. The molecule has 0 bridgehead atoms. The maximum atomic E-state index is 11.6. The zero-order valence-electron chi connectivity index (χ0n) is 8.77. The van der Waals surface area contributed by atoms with Gasteiger partial charge in [0.05, 0.1) is 11.3 Å². The monoisotopic (exact) mass is 216 g/mol. The predicted molar refractivity (Wildman–Crippen MR) is 61.2 cm³/mol. The number of carbonyl (C=O) groups excluding carboxylic acids is 2. The predicted octanol–water partition coefficient (Wildman–Crippen LogP) is 0.861. The molecule has 2 rings (SSSR count). The van der Waals surface area contributed by atoms with E-state index in [4.69, 9.17) is 5.73 Å². The Morgan fingerprint density at radius 2 is 2.19 bits per heavy atom. The van der Waals surface area contributed by atoms with Crippen molar-refractivity contribution in [3.63, 3.8) is 0 Å². The highest BCUT2D eigenvalue weighted by Crippen LogP contribution is 2.31. The quantitative estimate of drug-likeness (QED) is 0.745. The lowest BCUT2D eigenvalue weighted by Crippen LogP contribution is -2.29. The fraction of sp³-hybridized carbons (Fsp3) is 0.167. The average Bonchev–Trinajstić information content (AvgIpc) is 2.71. The number of hydrogen-bond acceptors (Lipinski definition) is 2. The van der Waals surface area contributed by atoms with Crippen LogP contribution in [0.4, 0.5) is 5.69 Å². The van der Waals surface area contributed by atoms with E-state index in [1.807, 2.05) is 6.07 Å². The molecule has 1 aromatic rings. The Labute approximate surface area is 93.3 Å². The molecule has 16 heavy (non-hydrogen) atoms. The minimum atomic E-state index is -0.513. The first-order valence-corrected chi connectivity index (χ1v) is 5.00. The van der Waals surface area contributed by atoms with Gasteiger partial charge in [-0.15, -0.1) is 0 Å². The Morgan fingerprint density at radius 1 is 1.44 bits per heavy atom. The van der Waals surface area contributed by atoms with Gasteiger partial charge in [0.15, 0.2) is 0 Å². The maximum Gasteiger partial charge on any atom is 0.250 e. The van der Waals surface area contributed by atoms with Crippen LogP contribution in [0.25, 0.3) is 0 Å². The number of hydrogen-bond donors (Lipinski definition) is 1. The molecule has 2 N–H and O–H groups in total. The highest BCUT2D eigenvalue weighted by Gasteiger charge is 2.27. The molecular weight excluding hydrogens is 204 g/mol. The highest BCUT2D eigenvalue weighted by molar-refractivity contribution is 6.08. The van der Waals surface area contributed by atoms with E-state index in [2.05, 4.69) is 6.58 Å². The van der Waals surface area contributed by atoms with Crippen molar-refractivity contribution in [2.45, 2.75) is 6.42 Å². The highest BCUT2D eigenvalue weighted by atomic mass is 16.2. The van der Waals surface area contributed by atoms with Crippen molar-refractivity contribution >= 4 is 17.5 Å². The summed E-state index contributed by atoms with van der Waals surface area (Å²) < 4.78 is 0. The second-order valence-corrected chi connectivity index (χ2v) is 3.62. The fourth-order valence-electron chi connectivity index (χ4n) is 1.99. The van der Waals surface area contributed by atoms with E-state index in [0.29, 0.717) is 17.8 Å². The van der Waals surface area contributed by atoms with Gasteiger partial charge in [-0.1, -0.05) is 18.7 Å². The van der Waals surface area contributed by atoms with E-state index in [-0.39, 0.29) is 5.91 Å². The summed E-state index contributed by atoms with van der Waals surface area (Å²) >= 11 is 0. The van der Waals surface area contributed by atoms with E-state index in [9.17, 15) is 9.59 Å². The molecule has 0 aromatic heterocycles. The maximum absolute atomic E-state index is 11.6. The Kier molecular flexibility index (Phi) is 2.48. The van der Waals surface area contributed by atoms with Gasteiger partial charge < -0.3 is 10.6 Å². The van der Waals surface area contributed by atoms with Gasteiger partial charge in [0.2, 0.25) is 5.91 Å². The number of rotatable bonds is 2. The van der Waals surface area contributed by atoms with Crippen LogP contribution in [-0.4, -0.2) is 18.4 Å². The van der Waals surface area contributed by atoms with Gasteiger partial charge in [0.1, 0.15) is 0 Å². The topological polar surface area (TPSA) is 63.4 Å². The molecule has 0 spiro atoms. The number of amides is 2. The van der Waals surface area contributed by atoms with Crippen LogP contribution in [-0.2, 0) is 11.2 Å². The van der Waals surface area contributed by atoms with Gasteiger partial charge in [0.25, 0.3) is 5.91 Å². The number of nitrogens with zero attached hydrogens (tertiary/aromatic N) is 1. The molecule has 0 aliphatic carbocycles. The lowest BCUT2D eigenvalue weighted by Gasteiger charge is -2.17. The van der Waals surface area contributed by atoms with Gasteiger partial charge in [-0.2, -0.15) is 0 Å². The number of primary amides is 1. The third-order valence-electron chi connectivity index (χ3n) is 2.70. The van der Waals surface area contributed by atoms with Crippen molar-refractivity contribution in [2.24, 2.45) is 5.73 Å². The SMILES string of the molecule is C=CC(=O)N1CCc2cccc(C(N)=O)c21. The third kappa shape index (κ3) is 1.48. The van der Waals surface area contributed by atoms with Gasteiger partial charge >= 0.3 is 0 Å². The number of carbonyl (C=O) groups is 2. The molecule has 1 heterocycles. The number of benzene rings is 1. The van der Waals surface area contributed by atoms with Gasteiger partial charge in [-0.05, 0) is 24.1 Å². The number of fused-ring (bicyclic) bond motifs is 1. The van der Waals surface area contributed by atoms with Crippen molar-refractivity contribution in [2.75, 3.05) is 11.4 Å². The molecule has 4 heteroatoms. The fourth-order valence-corrected chi connectivity index (χ4v) is 1.99. The van der Waals surface area contributed by atoms with Crippen LogP contribution >= 0.6 is 0 Å². The van der Waals surface area contributed by atoms with E-state index < -0.39 is 5.91 Å². The van der Waals surface area contributed by atoms with Crippen LogP contribution in [0, 0.1) is 0 Å². The van der Waals surface area contributed by atoms with Gasteiger partial charge in [-0.25, -0.2) is 0 Å². The molecule has 0 atom stereocenters. The Bertz CT molecular complexity index is 480. The number of nitrogens with two attached hydrogens (primary N) is 1. The molecule has 1 aromatic carbocycles. The third-order valence-corrected chi connectivity index (χ3v) is 2.70. The first-order chi connectivity index (χ1) is 7.65. The van der Waals surface area contributed by atoms with Crippen molar-refractivity contribution in [3.8, 4) is 0 Å². The van der Waals surface area contributed by atoms with E-state index in [1.54, 1.807) is 17.0 Å². The Balaban J connectivity index is 2.55. The average molecular weight is 216 g/mol. The summed E-state index contributed by atoms with van der Waals surface area (Å²) in [5.41, 5.74) is 7.30. The van der Waals surface area contributed by atoms with Gasteiger partial charge in [0, 0.05) is 6.54 Å². The summed E-state index contributed by atoms with van der Waals surface area (Å²) in [7, 11) is 0. The summed E-state index contributed by atoms with van der Waals surface area (Å²) in [6.45, 7) is 4.02. The minimum absolute atomic E-state index is 0.201. The first-order valence-electron chi connectivity index (χ1n) is 5.00. The van der Waals surface area contributed by atoms with Crippen molar-refractivity contribution in [1.82, 2.24) is 0 Å². The Morgan fingerprint density at radius 3 is 2.81 bits per heavy atom. The lowest BCUT2D eigenvalue weighted by atomic mass is 10.1. The summed E-state index contributed by atoms with van der Waals surface area (Å²) in [4.78, 5) is 24.4. The van der Waals surface area contributed by atoms with E-state index in [1.165, 1.54) is 6.08 Å². The molecule has 0 saturated heterocycles. The van der Waals surface area contributed by atoms with Crippen LogP contribution in [0.2, 0.25) is 0 Å². The van der Waals surface area contributed by atoms with Crippen LogP contribution in [0.5, 0.6) is 0 Å². The molecule has 82 valence electrons. The number of anilines is 1. The molecule has 1 aliphatic rings. The summed E-state index contributed by atoms with van der Waals surface area (Å²) in [5, 5.41) is 0. The standard InChI is InChI=1S/C12H12N2O2/c1-2-10(15)14-7-6-8-4-3-5-9(11(8)14)12(13)16/h2-5H,1,6-7H2,(H2,13,16). The smallest absolute Gasteiger partial charge is 0.250 e. The molecule has 0 saturated carbocycles. The zero-order chi connectivity index (χ0) is 11.7. The van der Waals surface area contributed by atoms with Crippen molar-refractivity contribution < 1.29 is 9.59 Å². The molecule has 2 amide bonds. The molecule has 0 fully saturated rings. The minimum Gasteiger partial charge on any atom is -0.366 e. The largest absolute Gasteiger partial charge is 0.366 e. The summed E-state index contributed by atoms with van der Waals surface area (Å²) in [6.07, 6.45) is 1.99. The summed E-state index contributed by atoms with van der Waals surface area (Å²) in [6, 6.07) is 5.31. The molecule has 0 unspecified atom stereocenters. The number of para-hydroxylation sites is 1. The van der Waals surface area contributed by atoms with Crippen molar-refractivity contribution in [1.29, 1.82) is 0 Å². The second-order valence-electron chi connectivity index (χ2n) is 3.62. The van der Waals surface area contributed by atoms with E-state index in [0.717, 1.165) is 12.0 Å². The van der Waals surface area contributed by atoms with Crippen LogP contribution in [0.15, 0.2) is 30.9 Å². The van der Waals surface area contributed by atoms with E-state index >= 15 is 0 Å².